The van der Waals surface area contributed by atoms with Crippen molar-refractivity contribution in [3.63, 3.8) is 0 Å². The lowest BCUT2D eigenvalue weighted by Gasteiger charge is -2.11. The Morgan fingerprint density at radius 2 is 1.61 bits per heavy atom. The van der Waals surface area contributed by atoms with Crippen LogP contribution in [-0.2, 0) is 11.4 Å². The Morgan fingerprint density at radius 1 is 0.909 bits per heavy atom. The standard InChI is InChI=1S/C27H26N2O4/c1-3-31-25-13-10-21(26(17-25)32-4-2)16-22(18-28)27(30)29-23-11-14-24(15-12-23)33-19-20-8-6-5-7-9-20/h5-17H,3-4,19H2,1-2H3,(H,29,30)/b22-16+. The topological polar surface area (TPSA) is 80.6 Å². The van der Waals surface area contributed by atoms with E-state index in [4.69, 9.17) is 14.2 Å². The van der Waals surface area contributed by atoms with Crippen molar-refractivity contribution in [2.75, 3.05) is 18.5 Å². The Balaban J connectivity index is 1.68. The third-order valence-electron chi connectivity index (χ3n) is 4.62. The molecule has 3 rings (SSSR count). The van der Waals surface area contributed by atoms with Crippen molar-refractivity contribution in [2.24, 2.45) is 0 Å². The Hall–Kier alpha value is -4.24. The molecular formula is C27H26N2O4. The van der Waals surface area contributed by atoms with Crippen molar-refractivity contribution in [3.8, 4) is 23.3 Å². The molecule has 0 fully saturated rings. The molecule has 0 aliphatic carbocycles. The summed E-state index contributed by atoms with van der Waals surface area (Å²) in [6.07, 6.45) is 1.51. The van der Waals surface area contributed by atoms with E-state index in [-0.39, 0.29) is 5.57 Å². The lowest BCUT2D eigenvalue weighted by molar-refractivity contribution is -0.112. The SMILES string of the molecule is CCOc1ccc(/C=C(\C#N)C(=O)Nc2ccc(OCc3ccccc3)cc2)c(OCC)c1. The summed E-state index contributed by atoms with van der Waals surface area (Å²) >= 11 is 0. The summed E-state index contributed by atoms with van der Waals surface area (Å²) in [7, 11) is 0. The number of anilines is 1. The molecule has 0 saturated heterocycles. The second-order valence-electron chi connectivity index (χ2n) is 6.99. The van der Waals surface area contributed by atoms with Crippen LogP contribution in [0.1, 0.15) is 25.0 Å². The first-order valence-corrected chi connectivity index (χ1v) is 10.7. The van der Waals surface area contributed by atoms with Crippen LogP contribution in [0.3, 0.4) is 0 Å². The Bertz CT molecular complexity index is 1130. The van der Waals surface area contributed by atoms with Crippen molar-refractivity contribution in [3.05, 3.63) is 89.5 Å². The van der Waals surface area contributed by atoms with Gasteiger partial charge in [-0.15, -0.1) is 0 Å². The van der Waals surface area contributed by atoms with Gasteiger partial charge in [0, 0.05) is 17.3 Å². The van der Waals surface area contributed by atoms with Crippen molar-refractivity contribution in [1.82, 2.24) is 0 Å². The first-order valence-electron chi connectivity index (χ1n) is 10.7. The highest BCUT2D eigenvalue weighted by Gasteiger charge is 2.12. The monoisotopic (exact) mass is 442 g/mol. The van der Waals surface area contributed by atoms with Gasteiger partial charge in [-0.05, 0) is 61.9 Å². The van der Waals surface area contributed by atoms with Crippen LogP contribution < -0.4 is 19.5 Å². The summed E-state index contributed by atoms with van der Waals surface area (Å²) < 4.78 is 16.9. The van der Waals surface area contributed by atoms with E-state index in [1.807, 2.05) is 50.2 Å². The van der Waals surface area contributed by atoms with Crippen molar-refractivity contribution < 1.29 is 19.0 Å². The molecule has 0 aliphatic heterocycles. The number of hydrogen-bond acceptors (Lipinski definition) is 5. The third kappa shape index (κ3) is 6.88. The molecule has 0 spiro atoms. The van der Waals surface area contributed by atoms with E-state index in [0.29, 0.717) is 48.3 Å². The van der Waals surface area contributed by atoms with Gasteiger partial charge < -0.3 is 19.5 Å². The van der Waals surface area contributed by atoms with Gasteiger partial charge in [-0.3, -0.25) is 4.79 Å². The number of rotatable bonds is 10. The highest BCUT2D eigenvalue weighted by atomic mass is 16.5. The molecule has 0 saturated carbocycles. The lowest BCUT2D eigenvalue weighted by atomic mass is 10.1. The fourth-order valence-electron chi connectivity index (χ4n) is 3.05. The number of carbonyl (C=O) groups is 1. The van der Waals surface area contributed by atoms with Crippen LogP contribution in [0.15, 0.2) is 78.4 Å². The zero-order valence-electron chi connectivity index (χ0n) is 18.7. The first kappa shape index (κ1) is 23.4. The molecular weight excluding hydrogens is 416 g/mol. The van der Waals surface area contributed by atoms with Crippen LogP contribution in [0.4, 0.5) is 5.69 Å². The molecule has 6 nitrogen and oxygen atoms in total. The molecule has 0 aromatic heterocycles. The van der Waals surface area contributed by atoms with Crippen molar-refractivity contribution >= 4 is 17.7 Å². The summed E-state index contributed by atoms with van der Waals surface area (Å²) in [5, 5.41) is 12.3. The van der Waals surface area contributed by atoms with Gasteiger partial charge in [0.05, 0.1) is 13.2 Å². The maximum atomic E-state index is 12.7. The zero-order chi connectivity index (χ0) is 23.5. The van der Waals surface area contributed by atoms with Gasteiger partial charge in [0.2, 0.25) is 0 Å². The minimum atomic E-state index is -0.508. The van der Waals surface area contributed by atoms with Gasteiger partial charge in [-0.2, -0.15) is 5.26 Å². The Kier molecular flexibility index (Phi) is 8.49. The van der Waals surface area contributed by atoms with Crippen molar-refractivity contribution in [2.45, 2.75) is 20.5 Å². The number of nitrogens with zero attached hydrogens (tertiary/aromatic N) is 1. The van der Waals surface area contributed by atoms with Crippen LogP contribution in [0, 0.1) is 11.3 Å². The molecule has 0 unspecified atom stereocenters. The highest BCUT2D eigenvalue weighted by molar-refractivity contribution is 6.09. The second kappa shape index (κ2) is 12.0. The summed E-state index contributed by atoms with van der Waals surface area (Å²) in [5.41, 5.74) is 2.21. The van der Waals surface area contributed by atoms with E-state index in [1.165, 1.54) is 6.08 Å². The van der Waals surface area contributed by atoms with E-state index < -0.39 is 5.91 Å². The number of hydrogen-bond donors (Lipinski definition) is 1. The summed E-state index contributed by atoms with van der Waals surface area (Å²) in [6, 6.07) is 24.1. The number of nitriles is 1. The average Bonchev–Trinajstić information content (AvgIpc) is 2.84. The molecule has 0 atom stereocenters. The maximum Gasteiger partial charge on any atom is 0.266 e. The van der Waals surface area contributed by atoms with Crippen LogP contribution in [-0.4, -0.2) is 19.1 Å². The Labute approximate surface area is 194 Å². The van der Waals surface area contributed by atoms with Gasteiger partial charge in [0.15, 0.2) is 0 Å². The molecule has 33 heavy (non-hydrogen) atoms. The minimum absolute atomic E-state index is 0.0375. The quantitative estimate of drug-likeness (QED) is 0.326. The van der Waals surface area contributed by atoms with Gasteiger partial charge in [0.1, 0.15) is 35.5 Å². The number of nitrogens with one attached hydrogen (secondary N) is 1. The molecule has 0 aliphatic rings. The minimum Gasteiger partial charge on any atom is -0.494 e. The molecule has 3 aromatic rings. The van der Waals surface area contributed by atoms with Crippen LogP contribution >= 0.6 is 0 Å². The smallest absolute Gasteiger partial charge is 0.266 e. The summed E-state index contributed by atoms with van der Waals surface area (Å²) in [5.74, 6) is 1.38. The Morgan fingerprint density at radius 3 is 2.27 bits per heavy atom. The number of ether oxygens (including phenoxy) is 3. The molecule has 1 N–H and O–H groups in total. The van der Waals surface area contributed by atoms with Gasteiger partial charge in [-0.1, -0.05) is 30.3 Å². The fraction of sp³-hybridized carbons (Fsp3) is 0.185. The second-order valence-corrected chi connectivity index (χ2v) is 6.99. The van der Waals surface area contributed by atoms with Crippen LogP contribution in [0.2, 0.25) is 0 Å². The molecule has 168 valence electrons. The van der Waals surface area contributed by atoms with Crippen molar-refractivity contribution in [1.29, 1.82) is 5.26 Å². The normalized spacial score (nSPS) is 10.8. The van der Waals surface area contributed by atoms with Gasteiger partial charge in [-0.25, -0.2) is 0 Å². The maximum absolute atomic E-state index is 12.7. The van der Waals surface area contributed by atoms with E-state index in [9.17, 15) is 10.1 Å². The third-order valence-corrected chi connectivity index (χ3v) is 4.62. The van der Waals surface area contributed by atoms with E-state index in [2.05, 4.69) is 5.32 Å². The molecule has 6 heteroatoms. The zero-order valence-corrected chi connectivity index (χ0v) is 18.7. The molecule has 0 heterocycles. The number of amides is 1. The van der Waals surface area contributed by atoms with Gasteiger partial charge in [0.25, 0.3) is 5.91 Å². The molecule has 0 bridgehead atoms. The van der Waals surface area contributed by atoms with Gasteiger partial charge >= 0.3 is 0 Å². The first-order chi connectivity index (χ1) is 16.1. The molecule has 0 radical (unpaired) electrons. The molecule has 1 amide bonds. The van der Waals surface area contributed by atoms with E-state index >= 15 is 0 Å². The predicted octanol–water partition coefficient (Wildman–Crippen LogP) is 5.61. The summed E-state index contributed by atoms with van der Waals surface area (Å²) in [6.45, 7) is 5.20. The van der Waals surface area contributed by atoms with E-state index in [1.54, 1.807) is 42.5 Å². The largest absolute Gasteiger partial charge is 0.494 e. The predicted molar refractivity (Wildman–Crippen MR) is 128 cm³/mol. The van der Waals surface area contributed by atoms with Crippen LogP contribution in [0.5, 0.6) is 17.2 Å². The average molecular weight is 443 g/mol. The number of carbonyl (C=O) groups excluding carboxylic acids is 1. The number of benzene rings is 3. The van der Waals surface area contributed by atoms with Crippen LogP contribution in [0.25, 0.3) is 6.08 Å². The summed E-state index contributed by atoms with van der Waals surface area (Å²) in [4.78, 5) is 12.7. The fourth-order valence-corrected chi connectivity index (χ4v) is 3.05. The highest BCUT2D eigenvalue weighted by Crippen LogP contribution is 2.27. The molecule has 3 aromatic carbocycles. The van der Waals surface area contributed by atoms with E-state index in [0.717, 1.165) is 5.56 Å². The lowest BCUT2D eigenvalue weighted by Crippen LogP contribution is -2.13.